The number of hydrogen-bond donors (Lipinski definition) is 0. The van der Waals surface area contributed by atoms with Gasteiger partial charge in [0, 0.05) is 45.0 Å². The van der Waals surface area contributed by atoms with E-state index in [-0.39, 0.29) is 18.0 Å². The van der Waals surface area contributed by atoms with Crippen molar-refractivity contribution in [2.45, 2.75) is 93.6 Å². The van der Waals surface area contributed by atoms with Crippen molar-refractivity contribution in [3.63, 3.8) is 0 Å². The van der Waals surface area contributed by atoms with Crippen LogP contribution in [0.25, 0.3) is 0 Å². The summed E-state index contributed by atoms with van der Waals surface area (Å²) in [4.78, 5) is 22.7. The fraction of sp³-hybridized carbons (Fsp3) is 0.562. The Balaban J connectivity index is 0.000000983. The molecule has 3 saturated heterocycles. The molecule has 6 rings (SSSR count). The van der Waals surface area contributed by atoms with E-state index in [1.807, 2.05) is 60.7 Å². The lowest BCUT2D eigenvalue weighted by Gasteiger charge is -2.47. The minimum absolute atomic E-state index is 0.0602. The number of piperidine rings is 1. The van der Waals surface area contributed by atoms with Gasteiger partial charge in [-0.15, -0.1) is 0 Å². The van der Waals surface area contributed by atoms with E-state index in [0.717, 1.165) is 49.7 Å². The summed E-state index contributed by atoms with van der Waals surface area (Å²) in [5.41, 5.74) is -0.367. The molecule has 0 N–H and O–H groups in total. The molecule has 0 amide bonds. The van der Waals surface area contributed by atoms with E-state index in [9.17, 15) is 4.79 Å². The Morgan fingerprint density at radius 3 is 1.85 bits per heavy atom. The Morgan fingerprint density at radius 1 is 0.872 bits per heavy atom. The zero-order valence-electron chi connectivity index (χ0n) is 22.6. The van der Waals surface area contributed by atoms with Crippen LogP contribution in [0.3, 0.4) is 0 Å². The van der Waals surface area contributed by atoms with Gasteiger partial charge in [0.15, 0.2) is 0 Å². The van der Waals surface area contributed by atoms with Crippen molar-refractivity contribution < 1.29 is 28.7 Å². The fourth-order valence-corrected chi connectivity index (χ4v) is 8.34. The highest BCUT2D eigenvalue weighted by Crippen LogP contribution is 2.47. The van der Waals surface area contributed by atoms with Gasteiger partial charge in [-0.3, -0.25) is 0 Å². The largest absolute Gasteiger partial charge is 0.554 e. The Labute approximate surface area is 236 Å². The van der Waals surface area contributed by atoms with Crippen LogP contribution in [0.15, 0.2) is 60.7 Å². The van der Waals surface area contributed by atoms with Crippen LogP contribution in [0.2, 0.25) is 0 Å². The predicted octanol–water partition coefficient (Wildman–Crippen LogP) is 4.92. The number of carboxylic acid groups (broad SMARTS) is 1. The van der Waals surface area contributed by atoms with Crippen molar-refractivity contribution in [2.24, 2.45) is 5.92 Å². The van der Waals surface area contributed by atoms with Crippen molar-refractivity contribution in [2.75, 3.05) is 13.1 Å². The van der Waals surface area contributed by atoms with E-state index < -0.39 is 17.6 Å². The molecule has 2 aromatic carbocycles. The topological polar surface area (TPSA) is 75.7 Å². The second-order valence-electron chi connectivity index (χ2n) is 11.7. The smallest absolute Gasteiger partial charge is 0.348 e. The Bertz CT molecular complexity index is 1030. The number of carbonyl (C=O) groups is 2. The fourth-order valence-electron chi connectivity index (χ4n) is 7.96. The van der Waals surface area contributed by atoms with Gasteiger partial charge >= 0.3 is 5.97 Å². The molecule has 3 aliphatic heterocycles. The van der Waals surface area contributed by atoms with Gasteiger partial charge < -0.3 is 23.9 Å². The highest BCUT2D eigenvalue weighted by Gasteiger charge is 2.57. The summed E-state index contributed by atoms with van der Waals surface area (Å²) in [5.74, 6) is -0.0702. The second kappa shape index (κ2) is 12.4. The molecule has 3 unspecified atom stereocenters. The lowest BCUT2D eigenvalue weighted by Crippen LogP contribution is -2.60. The normalized spacial score (nSPS) is 26.5. The first-order chi connectivity index (χ1) is 19.0. The summed E-state index contributed by atoms with van der Waals surface area (Å²) in [6.45, 7) is 2.12. The number of carbonyl (C=O) groups excluding carboxylic acids is 2. The van der Waals surface area contributed by atoms with Crippen molar-refractivity contribution in [1.82, 2.24) is 0 Å². The Morgan fingerprint density at radius 2 is 1.36 bits per heavy atom. The first kappa shape index (κ1) is 28.1. The van der Waals surface area contributed by atoms with Gasteiger partial charge in [0.1, 0.15) is 11.7 Å². The number of ether oxygens (including phenoxy) is 2. The SMILES string of the molecule is O=C(OC1CC2CCC(C1)[N+]21CCCC1)C(OC(Cl)C1CCCC1)(c1ccccc1)c1ccccc1.O=C[O-]. The lowest BCUT2D eigenvalue weighted by molar-refractivity contribution is -0.956. The van der Waals surface area contributed by atoms with Crippen LogP contribution in [0.5, 0.6) is 0 Å². The standard InChI is InChI=1S/C31H39ClNO3.CH2O2/c32-29(23-11-7-8-12-23)36-31(24-13-3-1-4-14-24,25-15-5-2-6-16-25)30(34)35-28-21-26-17-18-27(22-28)33(26)19-9-10-20-33;2-1-3/h1-6,13-16,23,26-29H,7-12,17-22H2;1H,(H,2,3)/q+1;/p-1. The van der Waals surface area contributed by atoms with Crippen LogP contribution in [0.1, 0.15) is 75.3 Å². The summed E-state index contributed by atoms with van der Waals surface area (Å²) in [6, 6.07) is 20.9. The Hall–Kier alpha value is -2.41. The van der Waals surface area contributed by atoms with E-state index in [0.29, 0.717) is 12.1 Å². The molecule has 3 atom stereocenters. The Kier molecular flexibility index (Phi) is 8.95. The monoisotopic (exact) mass is 553 g/mol. The maximum atomic E-state index is 14.4. The predicted molar refractivity (Wildman–Crippen MR) is 148 cm³/mol. The van der Waals surface area contributed by atoms with Crippen molar-refractivity contribution in [3.8, 4) is 0 Å². The highest BCUT2D eigenvalue weighted by atomic mass is 35.5. The maximum absolute atomic E-state index is 14.4. The van der Waals surface area contributed by atoms with Crippen LogP contribution in [0, 0.1) is 5.92 Å². The van der Waals surface area contributed by atoms with Crippen LogP contribution >= 0.6 is 11.6 Å². The van der Waals surface area contributed by atoms with Gasteiger partial charge in [0.2, 0.25) is 5.60 Å². The van der Waals surface area contributed by atoms with E-state index in [1.54, 1.807) is 0 Å². The molecule has 0 radical (unpaired) electrons. The van der Waals surface area contributed by atoms with Crippen molar-refractivity contribution in [3.05, 3.63) is 71.8 Å². The van der Waals surface area contributed by atoms with E-state index >= 15 is 0 Å². The molecule has 3 heterocycles. The first-order valence-electron chi connectivity index (χ1n) is 14.6. The molecule has 2 aromatic rings. The molecule has 4 aliphatic rings. The van der Waals surface area contributed by atoms with E-state index in [4.69, 9.17) is 31.0 Å². The molecule has 1 spiro atoms. The summed E-state index contributed by atoms with van der Waals surface area (Å²) in [5, 5.41) is 8.25. The lowest BCUT2D eigenvalue weighted by atomic mass is 9.85. The van der Waals surface area contributed by atoms with Crippen LogP contribution in [-0.2, 0) is 24.7 Å². The molecular formula is C32H40ClNO5. The van der Waals surface area contributed by atoms with Crippen LogP contribution in [-0.4, -0.2) is 53.8 Å². The van der Waals surface area contributed by atoms with Gasteiger partial charge in [-0.25, -0.2) is 4.79 Å². The maximum Gasteiger partial charge on any atom is 0.348 e. The molecule has 6 nitrogen and oxygen atoms in total. The molecule has 1 saturated carbocycles. The zero-order chi connectivity index (χ0) is 27.3. The van der Waals surface area contributed by atoms with Gasteiger partial charge in [0.05, 0.1) is 25.2 Å². The molecule has 4 fully saturated rings. The van der Waals surface area contributed by atoms with E-state index in [1.165, 1.54) is 43.3 Å². The highest BCUT2D eigenvalue weighted by molar-refractivity contribution is 6.20. The average Bonchev–Trinajstić information content (AvgIpc) is 3.71. The van der Waals surface area contributed by atoms with Gasteiger partial charge in [-0.2, -0.15) is 0 Å². The van der Waals surface area contributed by atoms with Gasteiger partial charge in [-0.1, -0.05) is 85.1 Å². The number of rotatable bonds is 7. The van der Waals surface area contributed by atoms with Crippen molar-refractivity contribution >= 4 is 24.0 Å². The second-order valence-corrected chi connectivity index (χ2v) is 12.1. The number of halogens is 1. The number of quaternary nitrogens is 1. The molecule has 1 aliphatic carbocycles. The van der Waals surface area contributed by atoms with Crippen LogP contribution < -0.4 is 5.11 Å². The number of esters is 1. The number of benzene rings is 2. The minimum atomic E-state index is -1.38. The summed E-state index contributed by atoms with van der Waals surface area (Å²) in [7, 11) is 0. The number of nitrogens with zero attached hydrogens (tertiary/aromatic N) is 1. The minimum Gasteiger partial charge on any atom is -0.554 e. The molecule has 2 bridgehead atoms. The summed E-state index contributed by atoms with van der Waals surface area (Å²) < 4.78 is 14.5. The number of alkyl halides is 1. The zero-order valence-corrected chi connectivity index (χ0v) is 23.3. The third-order valence-electron chi connectivity index (χ3n) is 9.74. The first-order valence-corrected chi connectivity index (χ1v) is 15.0. The quantitative estimate of drug-likeness (QED) is 0.211. The summed E-state index contributed by atoms with van der Waals surface area (Å²) >= 11 is 6.96. The van der Waals surface area contributed by atoms with E-state index in [2.05, 4.69) is 0 Å². The summed E-state index contributed by atoms with van der Waals surface area (Å²) in [6.07, 6.45) is 11.5. The average molecular weight is 554 g/mol. The van der Waals surface area contributed by atoms with Gasteiger partial charge in [-0.05, 0) is 29.9 Å². The molecule has 210 valence electrons. The van der Waals surface area contributed by atoms with Crippen molar-refractivity contribution in [1.29, 1.82) is 0 Å². The van der Waals surface area contributed by atoms with Crippen LogP contribution in [0.4, 0.5) is 0 Å². The molecular weight excluding hydrogens is 514 g/mol. The van der Waals surface area contributed by atoms with Gasteiger partial charge in [0.25, 0.3) is 0 Å². The third kappa shape index (κ3) is 5.48. The number of hydrogen-bond acceptors (Lipinski definition) is 5. The third-order valence-corrected chi connectivity index (χ3v) is 10.2. The molecule has 7 heteroatoms. The molecule has 39 heavy (non-hydrogen) atoms. The molecule has 0 aromatic heterocycles.